The molecule has 0 unspecified atom stereocenters. The van der Waals surface area contributed by atoms with Crippen LogP contribution in [0.15, 0.2) is 0 Å². The van der Waals surface area contributed by atoms with E-state index in [4.69, 9.17) is 7.58 Å². The van der Waals surface area contributed by atoms with Gasteiger partial charge in [0.25, 0.3) is 0 Å². The molecule has 0 aliphatic heterocycles. The summed E-state index contributed by atoms with van der Waals surface area (Å²) in [6, 6.07) is 0. The first-order valence-electron chi connectivity index (χ1n) is 1.98. The molecule has 38 valence electrons. The van der Waals surface area contributed by atoms with E-state index in [9.17, 15) is 0 Å². The molecule has 0 bridgehead atoms. The molecule has 4 heteroatoms. The maximum absolute atomic E-state index is 4.90. The molecule has 0 N–H and O–H groups in total. The van der Waals surface area contributed by atoms with Crippen molar-refractivity contribution in [3.8, 4) is 0 Å². The van der Waals surface area contributed by atoms with Crippen molar-refractivity contribution in [3.63, 3.8) is 0 Å². The molecule has 7 heavy (non-hydrogen) atoms. The van der Waals surface area contributed by atoms with E-state index in [2.05, 4.69) is 0 Å². The van der Waals surface area contributed by atoms with Crippen LogP contribution in [-0.4, -0.2) is 59.2 Å². The van der Waals surface area contributed by atoms with E-state index < -0.39 is 15.9 Å². The number of rotatable bonds is 3. The molecule has 0 aromatic carbocycles. The average molecular weight is 128 g/mol. The second-order valence-electron chi connectivity index (χ2n) is 0.899. The summed E-state index contributed by atoms with van der Waals surface area (Å²) in [5, 5.41) is 0. The number of hydrogen-bond acceptors (Lipinski definition) is 2. The molecule has 0 aromatic rings. The van der Waals surface area contributed by atoms with Gasteiger partial charge >= 0.3 is 45.4 Å². The second-order valence-corrected chi connectivity index (χ2v) is 2.12. The van der Waals surface area contributed by atoms with Crippen LogP contribution in [0.25, 0.3) is 0 Å². The Hall–Kier alpha value is 1.45. The Labute approximate surface area is 73.2 Å². The fourth-order valence-corrected chi connectivity index (χ4v) is 0.500. The summed E-state index contributed by atoms with van der Waals surface area (Å²) in [5.74, 6) is 0. The van der Waals surface area contributed by atoms with Crippen LogP contribution in [0, 0.1) is 0 Å². The van der Waals surface area contributed by atoms with Crippen molar-refractivity contribution in [1.29, 1.82) is 0 Å². The van der Waals surface area contributed by atoms with Gasteiger partial charge in [0, 0.05) is 13.7 Å². The Balaban J connectivity index is 0. The van der Waals surface area contributed by atoms with E-state index in [1.165, 1.54) is 0 Å². The minimum absolute atomic E-state index is 0. The van der Waals surface area contributed by atoms with Gasteiger partial charge in [0.2, 0.25) is 0 Å². The molecule has 0 heterocycles. The topological polar surface area (TPSA) is 18.5 Å². The van der Waals surface area contributed by atoms with Crippen molar-refractivity contribution in [1.82, 2.24) is 0 Å². The van der Waals surface area contributed by atoms with Gasteiger partial charge in [-0.05, 0) is 6.92 Å². The van der Waals surface area contributed by atoms with Crippen LogP contribution in [0.4, 0.5) is 0 Å². The molecule has 0 radical (unpaired) electrons. The molecule has 0 aromatic heterocycles. The van der Waals surface area contributed by atoms with Crippen LogP contribution in [0.5, 0.6) is 0 Å². The normalized spacial score (nSPS) is 7.14. The van der Waals surface area contributed by atoms with Crippen LogP contribution >= 0.6 is 0 Å². The van der Waals surface area contributed by atoms with Gasteiger partial charge in [-0.15, -0.1) is 0 Å². The van der Waals surface area contributed by atoms with E-state index in [1.54, 1.807) is 7.11 Å². The standard InChI is InChI=1S/C2H5O.CH3O.Al.Na.2H/c1-2-3;1-2;;;;/h2H2,1H3;1H3;;;;/q2*-1;+2;;;. The molecule has 2 nitrogen and oxygen atoms in total. The van der Waals surface area contributed by atoms with Crippen molar-refractivity contribution in [3.05, 3.63) is 0 Å². The Morgan fingerprint density at radius 3 is 2.29 bits per heavy atom. The van der Waals surface area contributed by atoms with Crippen molar-refractivity contribution < 1.29 is 7.58 Å². The van der Waals surface area contributed by atoms with Gasteiger partial charge in [-0.3, -0.25) is 0 Å². The van der Waals surface area contributed by atoms with Crippen molar-refractivity contribution in [2.75, 3.05) is 13.7 Å². The van der Waals surface area contributed by atoms with Crippen LogP contribution in [0.1, 0.15) is 6.92 Å². The van der Waals surface area contributed by atoms with Crippen molar-refractivity contribution in [2.24, 2.45) is 0 Å². The zero-order valence-electron chi connectivity index (χ0n) is 4.23. The van der Waals surface area contributed by atoms with Gasteiger partial charge in [0.15, 0.2) is 0 Å². The zero-order valence-corrected chi connectivity index (χ0v) is 5.64. The molecule has 0 rings (SSSR count). The summed E-state index contributed by atoms with van der Waals surface area (Å²) < 4.78 is 9.60. The molecule has 0 atom stereocenters. The monoisotopic (exact) mass is 128 g/mol. The summed E-state index contributed by atoms with van der Waals surface area (Å²) in [6.07, 6.45) is 0. The molecule has 0 saturated carbocycles. The summed E-state index contributed by atoms with van der Waals surface area (Å²) in [7, 11) is 1.67. The van der Waals surface area contributed by atoms with Crippen molar-refractivity contribution in [2.45, 2.75) is 6.92 Å². The summed E-state index contributed by atoms with van der Waals surface area (Å²) in [6.45, 7) is 2.76. The van der Waals surface area contributed by atoms with Crippen LogP contribution < -0.4 is 0 Å². The van der Waals surface area contributed by atoms with E-state index >= 15 is 0 Å². The van der Waals surface area contributed by atoms with E-state index in [-0.39, 0.29) is 29.6 Å². The maximum atomic E-state index is 4.90. The predicted octanol–water partition coefficient (Wildman–Crippen LogP) is -0.713. The third kappa shape index (κ3) is 11.2. The summed E-state index contributed by atoms with van der Waals surface area (Å²) in [5.41, 5.74) is 0. The van der Waals surface area contributed by atoms with Crippen LogP contribution in [0.3, 0.4) is 0 Å². The molecule has 0 saturated heterocycles. The SMILES string of the molecule is CC[O][AlH][O]C.[NaH]. The molecule has 0 spiro atoms. The van der Waals surface area contributed by atoms with E-state index in [0.29, 0.717) is 0 Å². The van der Waals surface area contributed by atoms with Crippen LogP contribution in [-0.2, 0) is 7.58 Å². The Morgan fingerprint density at radius 2 is 2.14 bits per heavy atom. The molecule has 0 amide bonds. The molecule has 0 aliphatic rings. The predicted molar refractivity (Wildman–Crippen MR) is 32.9 cm³/mol. The zero-order chi connectivity index (χ0) is 4.83. The second kappa shape index (κ2) is 10.4. The van der Waals surface area contributed by atoms with Gasteiger partial charge in [-0.2, -0.15) is 0 Å². The Kier molecular flexibility index (Phi) is 16.8. The van der Waals surface area contributed by atoms with Gasteiger partial charge in [-0.1, -0.05) is 0 Å². The molecular formula is C3H10AlNaO2. The fraction of sp³-hybridized carbons (Fsp3) is 1.00. The van der Waals surface area contributed by atoms with E-state index in [0.717, 1.165) is 6.61 Å². The minimum atomic E-state index is -0.578. The first-order chi connectivity index (χ1) is 2.91. The van der Waals surface area contributed by atoms with E-state index in [1.807, 2.05) is 6.92 Å². The molecule has 0 fully saturated rings. The quantitative estimate of drug-likeness (QED) is 0.369. The average Bonchev–Trinajstić information content (AvgIpc) is 1.61. The summed E-state index contributed by atoms with van der Waals surface area (Å²) in [4.78, 5) is 0. The van der Waals surface area contributed by atoms with Crippen LogP contribution in [0.2, 0.25) is 0 Å². The van der Waals surface area contributed by atoms with Gasteiger partial charge in [0.05, 0.1) is 0 Å². The first-order valence-corrected chi connectivity index (χ1v) is 3.14. The third-order valence-electron chi connectivity index (χ3n) is 0.405. The Morgan fingerprint density at radius 1 is 1.57 bits per heavy atom. The number of hydrogen-bond donors (Lipinski definition) is 0. The van der Waals surface area contributed by atoms with Gasteiger partial charge in [-0.25, -0.2) is 0 Å². The van der Waals surface area contributed by atoms with Gasteiger partial charge in [0.1, 0.15) is 0 Å². The molecule has 0 aliphatic carbocycles. The third-order valence-corrected chi connectivity index (χ3v) is 1.22. The summed E-state index contributed by atoms with van der Waals surface area (Å²) >= 11 is -0.578. The first kappa shape index (κ1) is 11.3. The van der Waals surface area contributed by atoms with Crippen molar-refractivity contribution >= 4 is 45.4 Å². The van der Waals surface area contributed by atoms with Gasteiger partial charge < -0.3 is 7.58 Å². The molecular weight excluding hydrogens is 118 g/mol. The fourth-order valence-electron chi connectivity index (χ4n) is 0.167. The Bertz CT molecular complexity index is 24.9.